The molecule has 0 spiro atoms. The van der Waals surface area contributed by atoms with E-state index in [9.17, 15) is 13.2 Å². The Bertz CT molecular complexity index is 1420. The van der Waals surface area contributed by atoms with Crippen molar-refractivity contribution in [3.63, 3.8) is 0 Å². The first-order chi connectivity index (χ1) is 17.0. The number of hydrogen-bond acceptors (Lipinski definition) is 7. The minimum atomic E-state index is -3.76. The Morgan fingerprint density at radius 3 is 2.80 bits per heavy atom. The minimum Gasteiger partial charge on any atom is -0.281 e. The van der Waals surface area contributed by atoms with Crippen molar-refractivity contribution in [1.29, 1.82) is 0 Å². The molecular weight excluding hydrogens is 501 g/mol. The van der Waals surface area contributed by atoms with Crippen molar-refractivity contribution in [3.05, 3.63) is 71.4 Å². The fourth-order valence-electron chi connectivity index (χ4n) is 4.33. The topological polar surface area (TPSA) is 83.5 Å². The first-order valence-electron chi connectivity index (χ1n) is 11.6. The van der Waals surface area contributed by atoms with Crippen LogP contribution >= 0.6 is 22.7 Å². The number of rotatable bonds is 7. The second-order valence-electron chi connectivity index (χ2n) is 8.46. The highest BCUT2D eigenvalue weighted by Gasteiger charge is 2.41. The Morgan fingerprint density at radius 1 is 1.17 bits per heavy atom. The molecule has 182 valence electrons. The van der Waals surface area contributed by atoms with Crippen molar-refractivity contribution in [2.24, 2.45) is 0 Å². The SMILES string of the molecule is CCc1ccc2nc(N(Cc3ccccn3)C(=O)C3CCCCN3S(=O)(=O)c3cccs3)sc2c1. The number of hydrogen-bond donors (Lipinski definition) is 0. The maximum atomic E-state index is 14.1. The monoisotopic (exact) mass is 526 g/mol. The number of piperidine rings is 1. The zero-order valence-electron chi connectivity index (χ0n) is 19.3. The second kappa shape index (κ2) is 10.1. The lowest BCUT2D eigenvalue weighted by Crippen LogP contribution is -2.52. The van der Waals surface area contributed by atoms with Crippen LogP contribution in [0.4, 0.5) is 5.13 Å². The molecular formula is C25H26N4O3S3. The van der Waals surface area contributed by atoms with Crippen LogP contribution in [0.2, 0.25) is 0 Å². The summed E-state index contributed by atoms with van der Waals surface area (Å²) in [5, 5.41) is 2.30. The molecule has 0 saturated carbocycles. The molecule has 4 heterocycles. The molecule has 7 nitrogen and oxygen atoms in total. The Kier molecular flexibility index (Phi) is 6.97. The highest BCUT2D eigenvalue weighted by Crippen LogP contribution is 2.34. The number of thiazole rings is 1. The van der Waals surface area contributed by atoms with Gasteiger partial charge in [0.1, 0.15) is 10.3 Å². The molecule has 0 radical (unpaired) electrons. The summed E-state index contributed by atoms with van der Waals surface area (Å²) >= 11 is 2.63. The van der Waals surface area contributed by atoms with Crippen molar-refractivity contribution >= 4 is 54.0 Å². The number of pyridine rings is 1. The van der Waals surface area contributed by atoms with Crippen molar-refractivity contribution in [2.75, 3.05) is 11.4 Å². The first kappa shape index (κ1) is 24.1. The van der Waals surface area contributed by atoms with E-state index < -0.39 is 16.1 Å². The summed E-state index contributed by atoms with van der Waals surface area (Å²) < 4.78 is 29.5. The molecule has 5 rings (SSSR count). The highest BCUT2D eigenvalue weighted by molar-refractivity contribution is 7.91. The van der Waals surface area contributed by atoms with Gasteiger partial charge in [-0.05, 0) is 60.5 Å². The van der Waals surface area contributed by atoms with E-state index in [0.29, 0.717) is 18.1 Å². The van der Waals surface area contributed by atoms with E-state index >= 15 is 0 Å². The second-order valence-corrected chi connectivity index (χ2v) is 12.5. The molecule has 1 aliphatic heterocycles. The maximum absolute atomic E-state index is 14.1. The van der Waals surface area contributed by atoms with Crippen LogP contribution < -0.4 is 4.90 Å². The van der Waals surface area contributed by atoms with Crippen molar-refractivity contribution in [2.45, 2.75) is 49.4 Å². The number of sulfonamides is 1. The Labute approximate surface area is 213 Å². The third-order valence-corrected chi connectivity index (χ3v) is 10.5. The van der Waals surface area contributed by atoms with Gasteiger partial charge in [-0.3, -0.25) is 14.7 Å². The van der Waals surface area contributed by atoms with Crippen LogP contribution in [0.5, 0.6) is 0 Å². The third-order valence-electron chi connectivity index (χ3n) is 6.19. The van der Waals surface area contributed by atoms with Gasteiger partial charge in [-0.15, -0.1) is 11.3 Å². The standard InChI is InChI=1S/C25H26N4O3S3/c1-2-18-11-12-20-22(16-18)34-25(27-20)28(17-19-8-3-5-13-26-19)24(30)21-9-4-6-14-29(21)35(31,32)23-10-7-15-33-23/h3,5,7-8,10-13,15-16,21H,2,4,6,9,14,17H2,1H3. The molecule has 0 bridgehead atoms. The highest BCUT2D eigenvalue weighted by atomic mass is 32.2. The largest absolute Gasteiger partial charge is 0.281 e. The fourth-order valence-corrected chi connectivity index (χ4v) is 8.14. The van der Waals surface area contributed by atoms with Crippen molar-refractivity contribution in [1.82, 2.24) is 14.3 Å². The molecule has 1 aliphatic rings. The van der Waals surface area contributed by atoms with Gasteiger partial charge in [0.15, 0.2) is 5.13 Å². The van der Waals surface area contributed by atoms with E-state index in [-0.39, 0.29) is 16.7 Å². The summed E-state index contributed by atoms with van der Waals surface area (Å²) in [4.78, 5) is 24.9. The summed E-state index contributed by atoms with van der Waals surface area (Å²) in [6, 6.07) is 14.2. The van der Waals surface area contributed by atoms with Crippen LogP contribution in [-0.4, -0.2) is 41.2 Å². The number of fused-ring (bicyclic) bond motifs is 1. The number of carbonyl (C=O) groups excluding carboxylic acids is 1. The van der Waals surface area contributed by atoms with Crippen LogP contribution in [0.1, 0.15) is 37.4 Å². The fraction of sp³-hybridized carbons (Fsp3) is 0.320. The van der Waals surface area contributed by atoms with E-state index in [4.69, 9.17) is 4.98 Å². The number of amides is 1. The summed E-state index contributed by atoms with van der Waals surface area (Å²) in [6.07, 6.45) is 4.61. The van der Waals surface area contributed by atoms with Crippen LogP contribution in [0.3, 0.4) is 0 Å². The van der Waals surface area contributed by atoms with E-state index in [1.54, 1.807) is 28.6 Å². The lowest BCUT2D eigenvalue weighted by atomic mass is 10.0. The van der Waals surface area contributed by atoms with Crippen LogP contribution in [0, 0.1) is 0 Å². The lowest BCUT2D eigenvalue weighted by molar-refractivity contribution is -0.123. The summed E-state index contributed by atoms with van der Waals surface area (Å²) in [5.74, 6) is -0.259. The zero-order valence-corrected chi connectivity index (χ0v) is 21.8. The predicted octanol–water partition coefficient (Wildman–Crippen LogP) is 5.09. The van der Waals surface area contributed by atoms with Crippen LogP contribution in [0.15, 0.2) is 64.3 Å². The summed E-state index contributed by atoms with van der Waals surface area (Å²) in [5.41, 5.74) is 2.75. The molecule has 1 saturated heterocycles. The average molecular weight is 527 g/mol. The van der Waals surface area contributed by atoms with Crippen molar-refractivity contribution in [3.8, 4) is 0 Å². The smallest absolute Gasteiger partial charge is 0.253 e. The lowest BCUT2D eigenvalue weighted by Gasteiger charge is -2.35. The van der Waals surface area contributed by atoms with E-state index in [2.05, 4.69) is 18.0 Å². The molecule has 1 amide bonds. The van der Waals surface area contributed by atoms with Gasteiger partial charge in [0, 0.05) is 12.7 Å². The Hall–Kier alpha value is -2.66. The molecule has 0 N–H and O–H groups in total. The average Bonchev–Trinajstić information content (AvgIpc) is 3.58. The van der Waals surface area contributed by atoms with Gasteiger partial charge in [-0.25, -0.2) is 13.4 Å². The van der Waals surface area contributed by atoms with Gasteiger partial charge in [-0.1, -0.05) is 42.9 Å². The number of nitrogens with zero attached hydrogens (tertiary/aromatic N) is 4. The first-order valence-corrected chi connectivity index (χ1v) is 14.8. The maximum Gasteiger partial charge on any atom is 0.253 e. The van der Waals surface area contributed by atoms with Crippen molar-refractivity contribution < 1.29 is 13.2 Å². The quantitative estimate of drug-likeness (QED) is 0.335. The molecule has 1 fully saturated rings. The zero-order chi connectivity index (χ0) is 24.4. The van der Waals surface area contributed by atoms with Gasteiger partial charge < -0.3 is 0 Å². The molecule has 1 atom stereocenters. The van der Waals surface area contributed by atoms with Gasteiger partial charge in [0.25, 0.3) is 10.0 Å². The van der Waals surface area contributed by atoms with E-state index in [0.717, 1.165) is 35.2 Å². The van der Waals surface area contributed by atoms with E-state index in [1.807, 2.05) is 30.3 Å². The number of carbonyl (C=O) groups is 1. The molecule has 35 heavy (non-hydrogen) atoms. The molecule has 1 aromatic carbocycles. The van der Waals surface area contributed by atoms with Crippen LogP contribution in [-0.2, 0) is 27.8 Å². The van der Waals surface area contributed by atoms with Gasteiger partial charge in [0.05, 0.1) is 22.5 Å². The minimum absolute atomic E-state index is 0.226. The number of thiophene rings is 1. The summed E-state index contributed by atoms with van der Waals surface area (Å²) in [6.45, 7) is 2.66. The number of aromatic nitrogens is 2. The third kappa shape index (κ3) is 4.88. The normalized spacial score (nSPS) is 17.0. The van der Waals surface area contributed by atoms with Gasteiger partial charge in [0.2, 0.25) is 5.91 Å². The molecule has 3 aromatic heterocycles. The van der Waals surface area contributed by atoms with Crippen LogP contribution in [0.25, 0.3) is 10.2 Å². The summed E-state index contributed by atoms with van der Waals surface area (Å²) in [7, 11) is -3.76. The number of benzene rings is 1. The van der Waals surface area contributed by atoms with E-state index in [1.165, 1.54) is 32.5 Å². The van der Waals surface area contributed by atoms with Gasteiger partial charge in [-0.2, -0.15) is 4.31 Å². The number of anilines is 1. The molecule has 1 unspecified atom stereocenters. The van der Waals surface area contributed by atoms with Gasteiger partial charge >= 0.3 is 0 Å². The number of aryl methyl sites for hydroxylation is 1. The Balaban J connectivity index is 1.54. The molecule has 10 heteroatoms. The Morgan fingerprint density at radius 2 is 2.06 bits per heavy atom. The molecule has 4 aromatic rings. The predicted molar refractivity (Wildman–Crippen MR) is 140 cm³/mol. The molecule has 0 aliphatic carbocycles.